The van der Waals surface area contributed by atoms with E-state index in [1.54, 1.807) is 23.8 Å². The Bertz CT molecular complexity index is 407. The average Bonchev–Trinajstić information content (AvgIpc) is 2.91. The maximum Gasteiger partial charge on any atom is 0.233 e. The second-order valence-corrected chi connectivity index (χ2v) is 4.84. The molecule has 1 amide bonds. The number of hydrogen-bond acceptors (Lipinski definition) is 7. The Morgan fingerprint density at radius 3 is 2.55 bits per heavy atom. The summed E-state index contributed by atoms with van der Waals surface area (Å²) in [5.74, 6) is 0.386. The van der Waals surface area contributed by atoms with Gasteiger partial charge in [0.1, 0.15) is 0 Å². The van der Waals surface area contributed by atoms with E-state index in [4.69, 9.17) is 9.47 Å². The number of carbonyl (C=O) groups excluding carboxylic acids is 1. The van der Waals surface area contributed by atoms with Gasteiger partial charge in [0.05, 0.1) is 12.3 Å². The number of amides is 1. The minimum absolute atomic E-state index is 0.0737. The first-order valence-electron chi connectivity index (χ1n) is 6.38. The van der Waals surface area contributed by atoms with E-state index >= 15 is 0 Å². The van der Waals surface area contributed by atoms with Crippen molar-refractivity contribution < 1.29 is 14.3 Å². The van der Waals surface area contributed by atoms with E-state index in [2.05, 4.69) is 15.5 Å². The Morgan fingerprint density at radius 1 is 1.35 bits per heavy atom. The Hall–Kier alpha value is -1.19. The fourth-order valence-electron chi connectivity index (χ4n) is 1.59. The molecular weight excluding hydrogens is 282 g/mol. The normalized spacial score (nSPS) is 11.1. The van der Waals surface area contributed by atoms with Crippen molar-refractivity contribution in [2.24, 2.45) is 0 Å². The largest absolute Gasteiger partial charge is 0.354 e. The lowest BCUT2D eigenvalue weighted by molar-refractivity contribution is -0.127. The van der Waals surface area contributed by atoms with Gasteiger partial charge in [-0.15, -0.1) is 5.10 Å². The van der Waals surface area contributed by atoms with Crippen LogP contribution in [0.25, 0.3) is 0 Å². The molecule has 0 saturated carbocycles. The summed E-state index contributed by atoms with van der Waals surface area (Å²) in [6.45, 7) is 5.70. The van der Waals surface area contributed by atoms with Crippen molar-refractivity contribution in [2.45, 2.75) is 31.8 Å². The lowest BCUT2D eigenvalue weighted by atomic mass is 10.5. The molecule has 1 rings (SSSR count). The smallest absolute Gasteiger partial charge is 0.233 e. The highest BCUT2D eigenvalue weighted by Gasteiger charge is 2.16. The molecule has 0 spiro atoms. The zero-order valence-corrected chi connectivity index (χ0v) is 13.1. The van der Waals surface area contributed by atoms with Crippen molar-refractivity contribution in [2.75, 3.05) is 33.1 Å². The van der Waals surface area contributed by atoms with Crippen LogP contribution in [0.2, 0.25) is 0 Å². The Labute approximate surface area is 122 Å². The fraction of sp³-hybridized carbons (Fsp3) is 0.818. The van der Waals surface area contributed by atoms with Crippen LogP contribution in [0.1, 0.15) is 13.8 Å². The molecule has 9 heteroatoms. The monoisotopic (exact) mass is 303 g/mol. The third kappa shape index (κ3) is 4.73. The Kier molecular flexibility index (Phi) is 7.48. The molecule has 0 aliphatic carbocycles. The van der Waals surface area contributed by atoms with Gasteiger partial charge < -0.3 is 14.4 Å². The number of rotatable bonds is 9. The number of thioether (sulfide) groups is 1. The fourth-order valence-corrected chi connectivity index (χ4v) is 2.38. The van der Waals surface area contributed by atoms with Crippen LogP contribution >= 0.6 is 11.8 Å². The molecule has 0 unspecified atom stereocenters. The van der Waals surface area contributed by atoms with Crippen LogP contribution in [0.5, 0.6) is 0 Å². The van der Waals surface area contributed by atoms with Gasteiger partial charge >= 0.3 is 0 Å². The predicted molar refractivity (Wildman–Crippen MR) is 74.3 cm³/mol. The molecule has 0 bridgehead atoms. The highest BCUT2D eigenvalue weighted by atomic mass is 32.2. The third-order valence-corrected chi connectivity index (χ3v) is 3.73. The van der Waals surface area contributed by atoms with E-state index in [1.165, 1.54) is 11.8 Å². The van der Waals surface area contributed by atoms with Crippen molar-refractivity contribution in [1.29, 1.82) is 0 Å². The molecule has 0 fully saturated rings. The molecule has 1 aromatic heterocycles. The van der Waals surface area contributed by atoms with Crippen LogP contribution in [-0.2, 0) is 20.8 Å². The molecule has 0 aliphatic rings. The Balaban J connectivity index is 2.57. The van der Waals surface area contributed by atoms with Crippen molar-refractivity contribution in [1.82, 2.24) is 25.1 Å². The quantitative estimate of drug-likeness (QED) is 0.478. The highest BCUT2D eigenvalue weighted by molar-refractivity contribution is 7.99. The molecule has 1 aromatic rings. The summed E-state index contributed by atoms with van der Waals surface area (Å²) in [4.78, 5) is 13.7. The van der Waals surface area contributed by atoms with Gasteiger partial charge in [0.2, 0.25) is 11.1 Å². The molecule has 0 saturated heterocycles. The van der Waals surface area contributed by atoms with Gasteiger partial charge in [-0.2, -0.15) is 0 Å². The standard InChI is InChI=1S/C11H21N5O3S/c1-5-15(6-2)9(17)8-20-11-12-13-14-16(11)7-10(18-3)19-4/h10H,5-8H2,1-4H3. The SMILES string of the molecule is CCN(CC)C(=O)CSc1nnnn1CC(OC)OC. The summed E-state index contributed by atoms with van der Waals surface area (Å²) >= 11 is 1.31. The lowest BCUT2D eigenvalue weighted by Gasteiger charge is -2.18. The van der Waals surface area contributed by atoms with Crippen molar-refractivity contribution in [3.63, 3.8) is 0 Å². The zero-order valence-electron chi connectivity index (χ0n) is 12.3. The van der Waals surface area contributed by atoms with Crippen LogP contribution in [0, 0.1) is 0 Å². The van der Waals surface area contributed by atoms with E-state index in [0.29, 0.717) is 30.5 Å². The number of ether oxygens (including phenoxy) is 2. The third-order valence-electron chi connectivity index (χ3n) is 2.79. The van der Waals surface area contributed by atoms with E-state index < -0.39 is 6.29 Å². The highest BCUT2D eigenvalue weighted by Crippen LogP contribution is 2.15. The maximum absolute atomic E-state index is 11.9. The topological polar surface area (TPSA) is 82.4 Å². The van der Waals surface area contributed by atoms with E-state index in [0.717, 1.165) is 0 Å². The number of nitrogens with zero attached hydrogens (tertiary/aromatic N) is 5. The average molecular weight is 303 g/mol. The first kappa shape index (κ1) is 16.9. The second-order valence-electron chi connectivity index (χ2n) is 3.90. The molecule has 20 heavy (non-hydrogen) atoms. The van der Waals surface area contributed by atoms with Gasteiger partial charge in [0.15, 0.2) is 6.29 Å². The molecule has 1 heterocycles. The summed E-state index contributed by atoms with van der Waals surface area (Å²) in [6, 6.07) is 0. The van der Waals surface area contributed by atoms with Gasteiger partial charge in [-0.25, -0.2) is 4.68 Å². The molecule has 8 nitrogen and oxygen atoms in total. The van der Waals surface area contributed by atoms with Gasteiger partial charge in [0.25, 0.3) is 0 Å². The molecule has 0 aromatic carbocycles. The lowest BCUT2D eigenvalue weighted by Crippen LogP contribution is -2.32. The number of aromatic nitrogens is 4. The summed E-state index contributed by atoms with van der Waals surface area (Å²) in [7, 11) is 3.10. The Morgan fingerprint density at radius 2 is 2.00 bits per heavy atom. The summed E-state index contributed by atoms with van der Waals surface area (Å²) in [5.41, 5.74) is 0. The summed E-state index contributed by atoms with van der Waals surface area (Å²) in [6.07, 6.45) is -0.420. The zero-order chi connectivity index (χ0) is 15.0. The van der Waals surface area contributed by atoms with Crippen LogP contribution in [0.3, 0.4) is 0 Å². The summed E-state index contributed by atoms with van der Waals surface area (Å²) < 4.78 is 11.8. The van der Waals surface area contributed by atoms with Crippen molar-refractivity contribution in [3.05, 3.63) is 0 Å². The first-order chi connectivity index (χ1) is 9.65. The van der Waals surface area contributed by atoms with Crippen LogP contribution in [0.4, 0.5) is 0 Å². The molecule has 0 atom stereocenters. The van der Waals surface area contributed by atoms with Gasteiger partial charge in [-0.1, -0.05) is 11.8 Å². The minimum atomic E-state index is -0.420. The summed E-state index contributed by atoms with van der Waals surface area (Å²) in [5, 5.41) is 12.0. The van der Waals surface area contributed by atoms with Crippen LogP contribution in [0.15, 0.2) is 5.16 Å². The molecule has 0 N–H and O–H groups in total. The molecule has 0 aliphatic heterocycles. The molecular formula is C11H21N5O3S. The maximum atomic E-state index is 11.9. The first-order valence-corrected chi connectivity index (χ1v) is 7.37. The van der Waals surface area contributed by atoms with Gasteiger partial charge in [-0.3, -0.25) is 4.79 Å². The van der Waals surface area contributed by atoms with E-state index in [9.17, 15) is 4.79 Å². The second kappa shape index (κ2) is 8.88. The van der Waals surface area contributed by atoms with Crippen molar-refractivity contribution in [3.8, 4) is 0 Å². The number of hydrogen-bond donors (Lipinski definition) is 0. The molecule has 0 radical (unpaired) electrons. The predicted octanol–water partition coefficient (Wildman–Crippen LogP) is 0.252. The number of carbonyl (C=O) groups is 1. The van der Waals surface area contributed by atoms with E-state index in [1.807, 2.05) is 13.8 Å². The van der Waals surface area contributed by atoms with Crippen molar-refractivity contribution >= 4 is 17.7 Å². The van der Waals surface area contributed by atoms with Gasteiger partial charge in [-0.05, 0) is 24.3 Å². The van der Waals surface area contributed by atoms with E-state index in [-0.39, 0.29) is 5.91 Å². The van der Waals surface area contributed by atoms with Gasteiger partial charge in [0, 0.05) is 27.3 Å². The number of tetrazole rings is 1. The molecule has 114 valence electrons. The minimum Gasteiger partial charge on any atom is -0.354 e. The van der Waals surface area contributed by atoms with Crippen LogP contribution < -0.4 is 0 Å². The van der Waals surface area contributed by atoms with Crippen LogP contribution in [-0.4, -0.2) is 70.4 Å². The number of methoxy groups -OCH3 is 2.